The number of aromatic nitrogens is 3. The van der Waals surface area contributed by atoms with Gasteiger partial charge in [0.05, 0.1) is 0 Å². The highest BCUT2D eigenvalue weighted by Crippen LogP contribution is 2.40. The summed E-state index contributed by atoms with van der Waals surface area (Å²) in [5.74, 6) is 0.957. The lowest BCUT2D eigenvalue weighted by Crippen LogP contribution is -2.35. The molecular formula is C18H19BrN4OS. The van der Waals surface area contributed by atoms with E-state index in [-0.39, 0.29) is 6.23 Å². The SMILES string of the molecule is CSc1nnc2c(n1)O[C@H]([C@@H]1CC=C(C)CC1)Nc1ccc(Br)cc1-2. The van der Waals surface area contributed by atoms with Crippen molar-refractivity contribution in [2.24, 2.45) is 5.92 Å². The molecule has 7 heteroatoms. The lowest BCUT2D eigenvalue weighted by atomic mass is 9.89. The second-order valence-corrected chi connectivity index (χ2v) is 8.10. The van der Waals surface area contributed by atoms with Crippen LogP contribution in [0.5, 0.6) is 5.88 Å². The molecule has 1 aromatic carbocycles. The van der Waals surface area contributed by atoms with E-state index >= 15 is 0 Å². The van der Waals surface area contributed by atoms with Crippen LogP contribution in [0.4, 0.5) is 5.69 Å². The van der Waals surface area contributed by atoms with E-state index < -0.39 is 0 Å². The van der Waals surface area contributed by atoms with Gasteiger partial charge >= 0.3 is 0 Å². The molecule has 4 rings (SSSR count). The Morgan fingerprint density at radius 3 is 2.96 bits per heavy atom. The molecule has 2 aromatic rings. The first-order valence-corrected chi connectivity index (χ1v) is 10.3. The maximum Gasteiger partial charge on any atom is 0.247 e. The number of fused-ring (bicyclic) bond motifs is 3. The Morgan fingerprint density at radius 1 is 1.32 bits per heavy atom. The minimum absolute atomic E-state index is 0.128. The number of hydrogen-bond donors (Lipinski definition) is 1. The highest BCUT2D eigenvalue weighted by atomic mass is 79.9. The number of hydrogen-bond acceptors (Lipinski definition) is 6. The molecule has 0 saturated carbocycles. The van der Waals surface area contributed by atoms with Gasteiger partial charge in [0, 0.05) is 21.6 Å². The number of ether oxygens (including phenoxy) is 1. The van der Waals surface area contributed by atoms with Crippen LogP contribution in [-0.4, -0.2) is 27.7 Å². The van der Waals surface area contributed by atoms with Gasteiger partial charge in [-0.05, 0) is 50.6 Å². The quantitative estimate of drug-likeness (QED) is 0.552. The first kappa shape index (κ1) is 16.8. The van der Waals surface area contributed by atoms with Gasteiger partial charge < -0.3 is 10.1 Å². The van der Waals surface area contributed by atoms with Gasteiger partial charge in [-0.1, -0.05) is 39.3 Å². The van der Waals surface area contributed by atoms with Gasteiger partial charge in [0.1, 0.15) is 0 Å². The Balaban J connectivity index is 1.78. The Kier molecular flexibility index (Phi) is 4.69. The van der Waals surface area contributed by atoms with Gasteiger partial charge in [-0.15, -0.1) is 10.2 Å². The Hall–Kier alpha value is -1.60. The third kappa shape index (κ3) is 3.40. The number of benzene rings is 1. The number of allylic oxidation sites excluding steroid dienone is 2. The zero-order chi connectivity index (χ0) is 17.4. The van der Waals surface area contributed by atoms with Crippen molar-refractivity contribution in [3.05, 3.63) is 34.3 Å². The normalized spacial score (nSPS) is 22.0. The van der Waals surface area contributed by atoms with Gasteiger partial charge in [-0.25, -0.2) is 0 Å². The standard InChI is InChI=1S/C18H19BrN4OS/c1-10-3-5-11(6-4-10)16-20-14-8-7-12(19)9-13(14)15-17(24-16)21-18(25-2)23-22-15/h3,7-9,11,16,20H,4-6H2,1-2H3/t11-,16-/m1/s1. The molecule has 1 aliphatic heterocycles. The molecule has 1 aliphatic carbocycles. The highest BCUT2D eigenvalue weighted by Gasteiger charge is 2.31. The average Bonchev–Trinajstić information content (AvgIpc) is 2.78. The van der Waals surface area contributed by atoms with Crippen LogP contribution in [0.2, 0.25) is 0 Å². The number of nitrogens with zero attached hydrogens (tertiary/aromatic N) is 3. The van der Waals surface area contributed by atoms with E-state index in [1.807, 2.05) is 18.4 Å². The van der Waals surface area contributed by atoms with Crippen molar-refractivity contribution in [3.8, 4) is 17.1 Å². The molecule has 5 nitrogen and oxygen atoms in total. The molecule has 2 aliphatic rings. The zero-order valence-electron chi connectivity index (χ0n) is 14.1. The Labute approximate surface area is 159 Å². The summed E-state index contributed by atoms with van der Waals surface area (Å²) in [5, 5.41) is 12.8. The largest absolute Gasteiger partial charge is 0.452 e. The summed E-state index contributed by atoms with van der Waals surface area (Å²) in [5.41, 5.74) is 4.11. The van der Waals surface area contributed by atoms with E-state index in [2.05, 4.69) is 55.5 Å². The molecule has 0 bridgehead atoms. The van der Waals surface area contributed by atoms with Crippen LogP contribution in [0.15, 0.2) is 39.5 Å². The van der Waals surface area contributed by atoms with Crippen molar-refractivity contribution in [3.63, 3.8) is 0 Å². The molecule has 0 unspecified atom stereocenters. The molecule has 0 spiro atoms. The second-order valence-electron chi connectivity index (χ2n) is 6.41. The zero-order valence-corrected chi connectivity index (χ0v) is 16.5. The molecular weight excluding hydrogens is 400 g/mol. The Bertz CT molecular complexity index is 842. The number of anilines is 1. The maximum atomic E-state index is 6.31. The number of rotatable bonds is 2. The first-order chi connectivity index (χ1) is 12.1. The minimum Gasteiger partial charge on any atom is -0.452 e. The van der Waals surface area contributed by atoms with Crippen LogP contribution in [0.3, 0.4) is 0 Å². The van der Waals surface area contributed by atoms with Crippen molar-refractivity contribution in [1.82, 2.24) is 15.2 Å². The number of thioether (sulfide) groups is 1. The van der Waals surface area contributed by atoms with Gasteiger partial charge in [-0.3, -0.25) is 0 Å². The smallest absolute Gasteiger partial charge is 0.247 e. The summed E-state index contributed by atoms with van der Waals surface area (Å²) in [4.78, 5) is 4.58. The van der Waals surface area contributed by atoms with Crippen molar-refractivity contribution in [1.29, 1.82) is 0 Å². The molecule has 0 fully saturated rings. The summed E-state index contributed by atoms with van der Waals surface area (Å²) in [7, 11) is 0. The van der Waals surface area contributed by atoms with Crippen molar-refractivity contribution < 1.29 is 4.74 Å². The average molecular weight is 419 g/mol. The second kappa shape index (κ2) is 6.96. The van der Waals surface area contributed by atoms with Crippen molar-refractivity contribution in [2.75, 3.05) is 11.6 Å². The fourth-order valence-electron chi connectivity index (χ4n) is 3.25. The summed E-state index contributed by atoms with van der Waals surface area (Å²) in [6.07, 6.45) is 7.36. The molecule has 2 heterocycles. The fraction of sp³-hybridized carbons (Fsp3) is 0.389. The molecule has 1 aromatic heterocycles. The van der Waals surface area contributed by atoms with E-state index in [1.165, 1.54) is 17.3 Å². The number of nitrogens with one attached hydrogen (secondary N) is 1. The van der Waals surface area contributed by atoms with Gasteiger partial charge in [0.2, 0.25) is 11.0 Å². The number of halogens is 1. The first-order valence-electron chi connectivity index (χ1n) is 8.31. The molecule has 0 amide bonds. The van der Waals surface area contributed by atoms with Gasteiger partial charge in [0.25, 0.3) is 0 Å². The lowest BCUT2D eigenvalue weighted by molar-refractivity contribution is 0.145. The minimum atomic E-state index is -0.128. The summed E-state index contributed by atoms with van der Waals surface area (Å²) < 4.78 is 7.30. The van der Waals surface area contributed by atoms with Crippen molar-refractivity contribution >= 4 is 33.4 Å². The highest BCUT2D eigenvalue weighted by molar-refractivity contribution is 9.10. The third-order valence-electron chi connectivity index (χ3n) is 4.70. The molecule has 0 radical (unpaired) electrons. The van der Waals surface area contributed by atoms with Crippen molar-refractivity contribution in [2.45, 2.75) is 37.6 Å². The van der Waals surface area contributed by atoms with Crippen LogP contribution in [0, 0.1) is 5.92 Å². The molecule has 1 N–H and O–H groups in total. The predicted molar refractivity (Wildman–Crippen MR) is 104 cm³/mol. The summed E-state index contributed by atoms with van der Waals surface area (Å²) in [6, 6.07) is 6.11. The molecule has 130 valence electrons. The van der Waals surface area contributed by atoms with E-state index in [0.717, 1.165) is 35.0 Å². The van der Waals surface area contributed by atoms with E-state index in [9.17, 15) is 0 Å². The molecule has 2 atom stereocenters. The molecule has 0 saturated heterocycles. The third-order valence-corrected chi connectivity index (χ3v) is 5.73. The van der Waals surface area contributed by atoms with Gasteiger partial charge in [0.15, 0.2) is 11.9 Å². The Morgan fingerprint density at radius 2 is 2.20 bits per heavy atom. The molecule has 25 heavy (non-hydrogen) atoms. The fourth-order valence-corrected chi connectivity index (χ4v) is 3.91. The predicted octanol–water partition coefficient (Wildman–Crippen LogP) is 4.90. The topological polar surface area (TPSA) is 59.9 Å². The van der Waals surface area contributed by atoms with Crippen LogP contribution >= 0.6 is 27.7 Å². The monoisotopic (exact) mass is 418 g/mol. The van der Waals surface area contributed by atoms with Gasteiger partial charge in [-0.2, -0.15) is 4.98 Å². The van der Waals surface area contributed by atoms with Crippen LogP contribution in [-0.2, 0) is 0 Å². The lowest BCUT2D eigenvalue weighted by Gasteiger charge is -2.29. The summed E-state index contributed by atoms with van der Waals surface area (Å²) in [6.45, 7) is 2.20. The van der Waals surface area contributed by atoms with Crippen LogP contribution < -0.4 is 10.1 Å². The van der Waals surface area contributed by atoms with E-state index in [0.29, 0.717) is 22.6 Å². The van der Waals surface area contributed by atoms with Crippen LogP contribution in [0.25, 0.3) is 11.3 Å². The van der Waals surface area contributed by atoms with E-state index in [4.69, 9.17) is 4.74 Å². The maximum absolute atomic E-state index is 6.31. The summed E-state index contributed by atoms with van der Waals surface area (Å²) >= 11 is 5.01. The van der Waals surface area contributed by atoms with E-state index in [1.54, 1.807) is 0 Å². The van der Waals surface area contributed by atoms with Crippen LogP contribution in [0.1, 0.15) is 26.2 Å².